The molecule has 0 aliphatic rings. The van der Waals surface area contributed by atoms with Crippen molar-refractivity contribution >= 4 is 46.4 Å². The van der Waals surface area contributed by atoms with Crippen LogP contribution in [-0.4, -0.2) is 21.5 Å². The minimum atomic E-state index is -4.64. The van der Waals surface area contributed by atoms with Crippen LogP contribution in [0.15, 0.2) is 0 Å². The monoisotopic (exact) mass is 266 g/mol. The molecule has 74 valence electrons. The van der Waals surface area contributed by atoms with E-state index in [-0.39, 0.29) is 0 Å². The Balaban J connectivity index is 4.85. The van der Waals surface area contributed by atoms with E-state index >= 15 is 0 Å². The summed E-state index contributed by atoms with van der Waals surface area (Å²) in [5.74, 6) is -1.25. The minimum absolute atomic E-state index is 1.25. The average molecular weight is 268 g/mol. The molecule has 0 saturated carbocycles. The van der Waals surface area contributed by atoms with Crippen LogP contribution in [0.1, 0.15) is 0 Å². The van der Waals surface area contributed by atoms with Crippen LogP contribution in [0.3, 0.4) is 0 Å². The molecule has 0 radical (unpaired) electrons. The van der Waals surface area contributed by atoms with Gasteiger partial charge < -0.3 is 0 Å². The highest BCUT2D eigenvalue weighted by Crippen LogP contribution is 2.51. The normalized spacial score (nSPS) is 23.0. The van der Waals surface area contributed by atoms with Gasteiger partial charge in [0.25, 0.3) is 5.13 Å². The van der Waals surface area contributed by atoms with Crippen molar-refractivity contribution in [3.8, 4) is 0 Å². The van der Waals surface area contributed by atoms with E-state index in [1.165, 1.54) is 0 Å². The van der Waals surface area contributed by atoms with E-state index in [0.29, 0.717) is 0 Å². The highest BCUT2D eigenvalue weighted by molar-refractivity contribution is 6.40. The van der Waals surface area contributed by atoms with Crippen LogP contribution in [0, 0.1) is 0 Å². The molecule has 2 unspecified atom stereocenters. The van der Waals surface area contributed by atoms with Crippen molar-refractivity contribution < 1.29 is 17.6 Å². The second-order valence-electron chi connectivity index (χ2n) is 1.91. The largest absolute Gasteiger partial charge is 0.373 e. The summed E-state index contributed by atoms with van der Waals surface area (Å²) >= 11 is 18.0. The maximum atomic E-state index is 12.7. The molecule has 2 atom stereocenters. The first-order valence-electron chi connectivity index (χ1n) is 2.44. The van der Waals surface area contributed by atoms with E-state index in [4.69, 9.17) is 11.6 Å². The summed E-state index contributed by atoms with van der Waals surface area (Å²) in [5.41, 5.74) is 0. The fourth-order valence-electron chi connectivity index (χ4n) is 0.291. The SMILES string of the molecule is FC(F)(Cl)C(F)(Cl)C(F)(Cl)CCl. The van der Waals surface area contributed by atoms with Crippen LogP contribution in [0.25, 0.3) is 0 Å². The van der Waals surface area contributed by atoms with Crippen LogP contribution in [-0.2, 0) is 0 Å². The Labute approximate surface area is 85.7 Å². The molecule has 0 N–H and O–H groups in total. The van der Waals surface area contributed by atoms with E-state index in [0.717, 1.165) is 0 Å². The van der Waals surface area contributed by atoms with Gasteiger partial charge >= 0.3 is 10.5 Å². The third kappa shape index (κ3) is 2.22. The summed E-state index contributed by atoms with van der Waals surface area (Å²) in [7, 11) is 0. The second kappa shape index (κ2) is 3.56. The molecule has 0 nitrogen and oxygen atoms in total. The summed E-state index contributed by atoms with van der Waals surface area (Å²) in [5, 5.41) is -12.5. The molecular weight excluding hydrogens is 266 g/mol. The Morgan fingerprint density at radius 1 is 0.917 bits per heavy atom. The van der Waals surface area contributed by atoms with Crippen molar-refractivity contribution in [2.45, 2.75) is 15.6 Å². The van der Waals surface area contributed by atoms with E-state index < -0.39 is 21.5 Å². The van der Waals surface area contributed by atoms with Crippen LogP contribution in [0.4, 0.5) is 17.6 Å². The van der Waals surface area contributed by atoms with Crippen LogP contribution >= 0.6 is 46.4 Å². The van der Waals surface area contributed by atoms with Gasteiger partial charge in [-0.3, -0.25) is 0 Å². The van der Waals surface area contributed by atoms with E-state index in [2.05, 4.69) is 34.8 Å². The fourth-order valence-corrected chi connectivity index (χ4v) is 0.927. The molecule has 0 aliphatic heterocycles. The fraction of sp³-hybridized carbons (Fsp3) is 1.00. The molecule has 0 aromatic rings. The van der Waals surface area contributed by atoms with Crippen LogP contribution in [0.2, 0.25) is 0 Å². The van der Waals surface area contributed by atoms with Crippen molar-refractivity contribution in [2.24, 2.45) is 0 Å². The predicted molar refractivity (Wildman–Crippen MR) is 40.9 cm³/mol. The lowest BCUT2D eigenvalue weighted by Gasteiger charge is -2.30. The zero-order valence-electron chi connectivity index (χ0n) is 5.23. The first-order chi connectivity index (χ1) is 5.06. The van der Waals surface area contributed by atoms with Crippen LogP contribution < -0.4 is 0 Å². The van der Waals surface area contributed by atoms with Crippen molar-refractivity contribution in [1.82, 2.24) is 0 Å². The smallest absolute Gasteiger partial charge is 0.220 e. The number of hydrogen-bond acceptors (Lipinski definition) is 0. The number of halogens is 8. The van der Waals surface area contributed by atoms with Gasteiger partial charge in [-0.05, 0) is 11.6 Å². The molecule has 0 aromatic heterocycles. The molecule has 0 fully saturated rings. The molecule has 0 aromatic carbocycles. The standard InChI is InChI=1S/C4H2Cl4F4/c5-1-2(6,9)3(7,10)4(8,11)12/h1H2. The Kier molecular flexibility index (Phi) is 3.82. The van der Waals surface area contributed by atoms with Gasteiger partial charge in [-0.2, -0.15) is 8.78 Å². The van der Waals surface area contributed by atoms with Gasteiger partial charge in [0.05, 0.1) is 5.88 Å². The van der Waals surface area contributed by atoms with Crippen molar-refractivity contribution in [1.29, 1.82) is 0 Å². The Morgan fingerprint density at radius 2 is 1.25 bits per heavy atom. The molecule has 0 aliphatic carbocycles. The maximum Gasteiger partial charge on any atom is 0.373 e. The van der Waals surface area contributed by atoms with E-state index in [1.807, 2.05) is 0 Å². The molecule has 8 heteroatoms. The third-order valence-electron chi connectivity index (χ3n) is 0.983. The Hall–Kier alpha value is 0.880. The van der Waals surface area contributed by atoms with Gasteiger partial charge in [0.2, 0.25) is 0 Å². The molecule has 0 amide bonds. The number of hydrogen-bond donors (Lipinski definition) is 0. The third-order valence-corrected chi connectivity index (χ3v) is 2.87. The minimum Gasteiger partial charge on any atom is -0.220 e. The lowest BCUT2D eigenvalue weighted by atomic mass is 10.2. The van der Waals surface area contributed by atoms with Gasteiger partial charge in [-0.25, -0.2) is 8.78 Å². The first kappa shape index (κ1) is 12.9. The van der Waals surface area contributed by atoms with Crippen molar-refractivity contribution in [2.75, 3.05) is 5.88 Å². The lowest BCUT2D eigenvalue weighted by Crippen LogP contribution is -2.50. The quantitative estimate of drug-likeness (QED) is 0.538. The number of alkyl halides is 8. The highest BCUT2D eigenvalue weighted by atomic mass is 35.5. The highest BCUT2D eigenvalue weighted by Gasteiger charge is 2.66. The van der Waals surface area contributed by atoms with Crippen molar-refractivity contribution in [3.05, 3.63) is 0 Å². The van der Waals surface area contributed by atoms with E-state index in [1.54, 1.807) is 0 Å². The second-order valence-corrected chi connectivity index (χ2v) is 3.77. The number of rotatable bonds is 3. The average Bonchev–Trinajstić information content (AvgIpc) is 1.85. The summed E-state index contributed by atoms with van der Waals surface area (Å²) in [6.45, 7) is 0. The summed E-state index contributed by atoms with van der Waals surface area (Å²) in [6, 6.07) is 0. The zero-order chi connectivity index (χ0) is 10.2. The zero-order valence-corrected chi connectivity index (χ0v) is 8.25. The maximum absolute atomic E-state index is 12.7. The topological polar surface area (TPSA) is 0 Å². The molecule has 0 heterocycles. The molecule has 12 heavy (non-hydrogen) atoms. The molecule has 0 bridgehead atoms. The van der Waals surface area contributed by atoms with E-state index in [9.17, 15) is 17.6 Å². The molecule has 0 saturated heterocycles. The predicted octanol–water partition coefficient (Wildman–Crippen LogP) is 3.87. The lowest BCUT2D eigenvalue weighted by molar-refractivity contribution is -0.0684. The summed E-state index contributed by atoms with van der Waals surface area (Å²) < 4.78 is 49.4. The van der Waals surface area contributed by atoms with Crippen molar-refractivity contribution in [3.63, 3.8) is 0 Å². The van der Waals surface area contributed by atoms with Gasteiger partial charge in [0, 0.05) is 0 Å². The van der Waals surface area contributed by atoms with Crippen LogP contribution in [0.5, 0.6) is 0 Å². The van der Waals surface area contributed by atoms with Gasteiger partial charge in [-0.1, -0.05) is 23.2 Å². The van der Waals surface area contributed by atoms with Gasteiger partial charge in [0.1, 0.15) is 0 Å². The Morgan fingerprint density at radius 3 is 1.33 bits per heavy atom. The Bertz CT molecular complexity index is 163. The molecule has 0 rings (SSSR count). The molecule has 0 spiro atoms. The van der Waals surface area contributed by atoms with Gasteiger partial charge in [-0.15, -0.1) is 11.6 Å². The first-order valence-corrected chi connectivity index (χ1v) is 4.11. The summed E-state index contributed by atoms with van der Waals surface area (Å²) in [4.78, 5) is 0. The summed E-state index contributed by atoms with van der Waals surface area (Å²) in [6.07, 6.45) is 0. The van der Waals surface area contributed by atoms with Gasteiger partial charge in [0.15, 0.2) is 0 Å². The molecular formula is C4H2Cl4F4.